The molecule has 0 aromatic heterocycles. The highest BCUT2D eigenvalue weighted by atomic mass is 16.2. The summed E-state index contributed by atoms with van der Waals surface area (Å²) in [7, 11) is 0. The molecule has 3 atom stereocenters. The van der Waals surface area contributed by atoms with Crippen molar-refractivity contribution in [3.8, 4) is 0 Å². The number of amides is 2. The number of carbonyl (C=O) groups is 2. The van der Waals surface area contributed by atoms with Crippen LogP contribution in [0, 0.1) is 5.92 Å². The van der Waals surface area contributed by atoms with E-state index in [0.717, 1.165) is 25.7 Å². The molecule has 2 aliphatic rings. The van der Waals surface area contributed by atoms with E-state index in [1.165, 1.54) is 0 Å². The molecule has 4 nitrogen and oxygen atoms in total. The first kappa shape index (κ1) is 14.1. The monoisotopic (exact) mass is 264 g/mol. The Morgan fingerprint density at radius 3 is 2.68 bits per heavy atom. The molecule has 106 valence electrons. The number of nitrogens with zero attached hydrogens (tertiary/aromatic N) is 1. The number of allylic oxidation sites excluding steroid dienone is 1. The molecule has 2 amide bonds. The van der Waals surface area contributed by atoms with Crippen LogP contribution < -0.4 is 5.32 Å². The lowest BCUT2D eigenvalue weighted by Crippen LogP contribution is -2.65. The molecule has 1 aliphatic heterocycles. The standard InChI is InChI=1S/C15H24N2O2/c1-10(2)9-13-15(19)17(11(3)14(18)16-13)12-7-5-4-6-8-12/h4-5,10-13H,6-9H2,1-3H3,(H,16,18). The highest BCUT2D eigenvalue weighted by molar-refractivity contribution is 5.96. The van der Waals surface area contributed by atoms with Gasteiger partial charge in [0, 0.05) is 6.04 Å². The fraction of sp³-hybridized carbons (Fsp3) is 0.733. The van der Waals surface area contributed by atoms with Gasteiger partial charge in [-0.05, 0) is 38.5 Å². The van der Waals surface area contributed by atoms with E-state index in [2.05, 4.69) is 31.3 Å². The molecular weight excluding hydrogens is 240 g/mol. The van der Waals surface area contributed by atoms with E-state index in [-0.39, 0.29) is 29.9 Å². The lowest BCUT2D eigenvalue weighted by Gasteiger charge is -2.43. The van der Waals surface area contributed by atoms with Crippen LogP contribution in [0.3, 0.4) is 0 Å². The molecule has 1 saturated heterocycles. The summed E-state index contributed by atoms with van der Waals surface area (Å²) in [5.41, 5.74) is 0. The Morgan fingerprint density at radius 2 is 2.11 bits per heavy atom. The van der Waals surface area contributed by atoms with E-state index < -0.39 is 0 Å². The summed E-state index contributed by atoms with van der Waals surface area (Å²) < 4.78 is 0. The van der Waals surface area contributed by atoms with E-state index in [1.807, 2.05) is 11.8 Å². The molecule has 0 bridgehead atoms. The first-order chi connectivity index (χ1) is 9.00. The smallest absolute Gasteiger partial charge is 0.246 e. The Hall–Kier alpha value is -1.32. The molecule has 2 rings (SSSR count). The minimum absolute atomic E-state index is 0.0141. The highest BCUT2D eigenvalue weighted by Gasteiger charge is 2.41. The maximum atomic E-state index is 12.6. The number of piperazine rings is 1. The lowest BCUT2D eigenvalue weighted by atomic mass is 9.93. The molecule has 0 saturated carbocycles. The van der Waals surface area contributed by atoms with Crippen LogP contribution in [0.1, 0.15) is 46.5 Å². The van der Waals surface area contributed by atoms with Crippen LogP contribution in [-0.4, -0.2) is 34.8 Å². The van der Waals surface area contributed by atoms with E-state index in [0.29, 0.717) is 5.92 Å². The maximum Gasteiger partial charge on any atom is 0.246 e. The minimum Gasteiger partial charge on any atom is -0.343 e. The molecule has 1 heterocycles. The Bertz CT molecular complexity index is 390. The van der Waals surface area contributed by atoms with E-state index in [4.69, 9.17) is 0 Å². The third-order valence-corrected chi connectivity index (χ3v) is 4.01. The average Bonchev–Trinajstić information content (AvgIpc) is 2.37. The van der Waals surface area contributed by atoms with Crippen molar-refractivity contribution in [1.29, 1.82) is 0 Å². The molecule has 0 radical (unpaired) electrons. The first-order valence-corrected chi connectivity index (χ1v) is 7.28. The third-order valence-electron chi connectivity index (χ3n) is 4.01. The number of carbonyl (C=O) groups excluding carboxylic acids is 2. The predicted molar refractivity (Wildman–Crippen MR) is 74.5 cm³/mol. The minimum atomic E-state index is -0.340. The largest absolute Gasteiger partial charge is 0.343 e. The van der Waals surface area contributed by atoms with Gasteiger partial charge in [-0.1, -0.05) is 26.0 Å². The van der Waals surface area contributed by atoms with Gasteiger partial charge in [0.05, 0.1) is 0 Å². The molecule has 3 unspecified atom stereocenters. The Morgan fingerprint density at radius 1 is 1.37 bits per heavy atom. The summed E-state index contributed by atoms with van der Waals surface area (Å²) in [4.78, 5) is 26.5. The zero-order valence-corrected chi connectivity index (χ0v) is 12.1. The van der Waals surface area contributed by atoms with Crippen molar-refractivity contribution < 1.29 is 9.59 Å². The molecule has 1 fully saturated rings. The van der Waals surface area contributed by atoms with Crippen molar-refractivity contribution in [2.45, 2.75) is 64.6 Å². The summed E-state index contributed by atoms with van der Waals surface area (Å²) >= 11 is 0. The van der Waals surface area contributed by atoms with Gasteiger partial charge >= 0.3 is 0 Å². The van der Waals surface area contributed by atoms with Gasteiger partial charge in [0.2, 0.25) is 11.8 Å². The quantitative estimate of drug-likeness (QED) is 0.791. The molecule has 1 N–H and O–H groups in total. The van der Waals surface area contributed by atoms with Crippen molar-refractivity contribution in [2.75, 3.05) is 0 Å². The fourth-order valence-electron chi connectivity index (χ4n) is 3.01. The highest BCUT2D eigenvalue weighted by Crippen LogP contribution is 2.24. The summed E-state index contributed by atoms with van der Waals surface area (Å²) in [6.45, 7) is 5.98. The molecular formula is C15H24N2O2. The topological polar surface area (TPSA) is 49.4 Å². The van der Waals surface area contributed by atoms with Crippen LogP contribution in [0.2, 0.25) is 0 Å². The molecule has 4 heteroatoms. The van der Waals surface area contributed by atoms with Crippen molar-refractivity contribution >= 4 is 11.8 Å². The van der Waals surface area contributed by atoms with Crippen LogP contribution in [0.5, 0.6) is 0 Å². The number of hydrogen-bond donors (Lipinski definition) is 1. The molecule has 19 heavy (non-hydrogen) atoms. The number of nitrogens with one attached hydrogen (secondary N) is 1. The van der Waals surface area contributed by atoms with Crippen LogP contribution in [-0.2, 0) is 9.59 Å². The summed E-state index contributed by atoms with van der Waals surface area (Å²) in [5.74, 6) is 0.483. The van der Waals surface area contributed by atoms with Gasteiger partial charge in [-0.2, -0.15) is 0 Å². The first-order valence-electron chi connectivity index (χ1n) is 7.28. The van der Waals surface area contributed by atoms with E-state index >= 15 is 0 Å². The predicted octanol–water partition coefficient (Wildman–Crippen LogP) is 1.86. The molecule has 0 aromatic carbocycles. The van der Waals surface area contributed by atoms with Gasteiger partial charge in [0.25, 0.3) is 0 Å². The summed E-state index contributed by atoms with van der Waals surface area (Å²) in [5, 5.41) is 2.87. The second kappa shape index (κ2) is 5.76. The van der Waals surface area contributed by atoms with Crippen LogP contribution in [0.4, 0.5) is 0 Å². The van der Waals surface area contributed by atoms with E-state index in [1.54, 1.807) is 0 Å². The second-order valence-corrected chi connectivity index (χ2v) is 6.05. The van der Waals surface area contributed by atoms with E-state index in [9.17, 15) is 9.59 Å². The van der Waals surface area contributed by atoms with Gasteiger partial charge in [-0.25, -0.2) is 0 Å². The van der Waals surface area contributed by atoms with Gasteiger partial charge in [0.15, 0.2) is 0 Å². The van der Waals surface area contributed by atoms with Gasteiger partial charge in [-0.3, -0.25) is 9.59 Å². The molecule has 0 aromatic rings. The van der Waals surface area contributed by atoms with Gasteiger partial charge in [0.1, 0.15) is 12.1 Å². The molecule has 0 spiro atoms. The Kier molecular flexibility index (Phi) is 4.27. The van der Waals surface area contributed by atoms with Crippen molar-refractivity contribution in [2.24, 2.45) is 5.92 Å². The van der Waals surface area contributed by atoms with Crippen LogP contribution in [0.25, 0.3) is 0 Å². The maximum absolute atomic E-state index is 12.6. The van der Waals surface area contributed by atoms with Crippen molar-refractivity contribution in [3.05, 3.63) is 12.2 Å². The molecule has 1 aliphatic carbocycles. The Labute approximate surface area is 115 Å². The van der Waals surface area contributed by atoms with Gasteiger partial charge < -0.3 is 10.2 Å². The zero-order valence-electron chi connectivity index (χ0n) is 12.1. The Balaban J connectivity index is 2.16. The van der Waals surface area contributed by atoms with Crippen molar-refractivity contribution in [3.63, 3.8) is 0 Å². The fourth-order valence-corrected chi connectivity index (χ4v) is 3.01. The number of rotatable bonds is 3. The number of hydrogen-bond acceptors (Lipinski definition) is 2. The SMILES string of the molecule is CC(C)CC1NC(=O)C(C)N(C2CC=CCC2)C1=O. The summed E-state index contributed by atoms with van der Waals surface area (Å²) in [6, 6.07) is -0.491. The van der Waals surface area contributed by atoms with Crippen LogP contribution in [0.15, 0.2) is 12.2 Å². The van der Waals surface area contributed by atoms with Crippen LogP contribution >= 0.6 is 0 Å². The zero-order chi connectivity index (χ0) is 14.0. The average molecular weight is 264 g/mol. The van der Waals surface area contributed by atoms with Crippen molar-refractivity contribution in [1.82, 2.24) is 10.2 Å². The second-order valence-electron chi connectivity index (χ2n) is 6.05. The third kappa shape index (κ3) is 2.99. The lowest BCUT2D eigenvalue weighted by molar-refractivity contribution is -0.152. The van der Waals surface area contributed by atoms with Gasteiger partial charge in [-0.15, -0.1) is 0 Å². The summed E-state index contributed by atoms with van der Waals surface area (Å²) in [6.07, 6.45) is 7.83. The normalized spacial score (nSPS) is 31.8.